The van der Waals surface area contributed by atoms with Crippen LogP contribution in [-0.4, -0.2) is 41.5 Å². The summed E-state index contributed by atoms with van der Waals surface area (Å²) >= 11 is 0. The Morgan fingerprint density at radius 2 is 2.12 bits per heavy atom. The van der Waals surface area contributed by atoms with Gasteiger partial charge in [0.1, 0.15) is 12.1 Å². The fourth-order valence-electron chi connectivity index (χ4n) is 1.77. The maximum Gasteiger partial charge on any atom is 0.129 e. The highest BCUT2D eigenvalue weighted by Crippen LogP contribution is 2.10. The van der Waals surface area contributed by atoms with Gasteiger partial charge in [-0.2, -0.15) is 0 Å². The van der Waals surface area contributed by atoms with Gasteiger partial charge in [0.2, 0.25) is 0 Å². The second kappa shape index (κ2) is 6.43. The fraction of sp³-hybridized carbons (Fsp3) is 0.667. The molecule has 0 aliphatic carbocycles. The van der Waals surface area contributed by atoms with E-state index in [1.807, 2.05) is 6.07 Å². The van der Waals surface area contributed by atoms with Gasteiger partial charge in [-0.25, -0.2) is 9.97 Å². The number of hydrogen-bond acceptors (Lipinski definition) is 4. The summed E-state index contributed by atoms with van der Waals surface area (Å²) in [5, 5.41) is 3.45. The molecule has 16 heavy (non-hydrogen) atoms. The maximum absolute atomic E-state index is 4.19. The number of anilines is 1. The van der Waals surface area contributed by atoms with Crippen LogP contribution in [0.5, 0.6) is 0 Å². The van der Waals surface area contributed by atoms with Crippen molar-refractivity contribution in [3.63, 3.8) is 0 Å². The molecule has 0 spiro atoms. The van der Waals surface area contributed by atoms with Crippen molar-refractivity contribution >= 4 is 5.82 Å². The SMILES string of the molecule is CC(C)CC(CN(C)C)Nc1ccncn1. The lowest BCUT2D eigenvalue weighted by molar-refractivity contribution is 0.356. The van der Waals surface area contributed by atoms with Crippen LogP contribution in [0, 0.1) is 5.92 Å². The summed E-state index contributed by atoms with van der Waals surface area (Å²) in [7, 11) is 4.18. The molecule has 0 radical (unpaired) electrons. The predicted octanol–water partition coefficient (Wildman–Crippen LogP) is 1.86. The first kappa shape index (κ1) is 12.9. The monoisotopic (exact) mass is 222 g/mol. The third-order valence-electron chi connectivity index (χ3n) is 2.28. The molecule has 0 aliphatic rings. The van der Waals surface area contributed by atoms with Gasteiger partial charge in [0, 0.05) is 18.8 Å². The molecule has 0 bridgehead atoms. The predicted molar refractivity (Wildman–Crippen MR) is 67.5 cm³/mol. The Hall–Kier alpha value is -1.16. The molecule has 90 valence electrons. The lowest BCUT2D eigenvalue weighted by Crippen LogP contribution is -2.33. The van der Waals surface area contributed by atoms with E-state index in [-0.39, 0.29) is 0 Å². The highest BCUT2D eigenvalue weighted by Gasteiger charge is 2.12. The molecule has 0 saturated heterocycles. The topological polar surface area (TPSA) is 41.0 Å². The first-order valence-electron chi connectivity index (χ1n) is 5.75. The van der Waals surface area contributed by atoms with Crippen molar-refractivity contribution in [3.05, 3.63) is 18.6 Å². The third-order valence-corrected chi connectivity index (χ3v) is 2.28. The molecule has 1 N–H and O–H groups in total. The van der Waals surface area contributed by atoms with Crippen LogP contribution in [0.25, 0.3) is 0 Å². The van der Waals surface area contributed by atoms with Gasteiger partial charge >= 0.3 is 0 Å². The molecule has 0 aromatic carbocycles. The number of hydrogen-bond donors (Lipinski definition) is 1. The van der Waals surface area contributed by atoms with E-state index < -0.39 is 0 Å². The quantitative estimate of drug-likeness (QED) is 0.797. The molecular weight excluding hydrogens is 200 g/mol. The average molecular weight is 222 g/mol. The molecule has 0 amide bonds. The van der Waals surface area contributed by atoms with Gasteiger partial charge in [0.15, 0.2) is 0 Å². The summed E-state index contributed by atoms with van der Waals surface area (Å²) < 4.78 is 0. The largest absolute Gasteiger partial charge is 0.366 e. The van der Waals surface area contributed by atoms with Crippen LogP contribution < -0.4 is 5.32 Å². The van der Waals surface area contributed by atoms with Crippen LogP contribution in [0.2, 0.25) is 0 Å². The minimum Gasteiger partial charge on any atom is -0.366 e. The van der Waals surface area contributed by atoms with E-state index >= 15 is 0 Å². The molecule has 0 fully saturated rings. The molecule has 4 nitrogen and oxygen atoms in total. The molecule has 1 aromatic heterocycles. The summed E-state index contributed by atoms with van der Waals surface area (Å²) in [4.78, 5) is 10.3. The van der Waals surface area contributed by atoms with E-state index in [9.17, 15) is 0 Å². The number of nitrogens with one attached hydrogen (secondary N) is 1. The summed E-state index contributed by atoms with van der Waals surface area (Å²) in [6.45, 7) is 5.50. The summed E-state index contributed by atoms with van der Waals surface area (Å²) in [5.74, 6) is 1.58. The van der Waals surface area contributed by atoms with E-state index in [0.717, 1.165) is 18.8 Å². The molecule has 1 heterocycles. The van der Waals surface area contributed by atoms with E-state index in [1.54, 1.807) is 12.5 Å². The van der Waals surface area contributed by atoms with Crippen molar-refractivity contribution in [2.45, 2.75) is 26.3 Å². The van der Waals surface area contributed by atoms with Crippen LogP contribution in [0.1, 0.15) is 20.3 Å². The zero-order valence-corrected chi connectivity index (χ0v) is 10.6. The molecule has 1 aromatic rings. The summed E-state index contributed by atoms with van der Waals surface area (Å²) in [6, 6.07) is 2.34. The highest BCUT2D eigenvalue weighted by molar-refractivity contribution is 5.33. The number of aromatic nitrogens is 2. The van der Waals surface area contributed by atoms with Gasteiger partial charge in [-0.1, -0.05) is 13.8 Å². The number of nitrogens with zero attached hydrogens (tertiary/aromatic N) is 3. The van der Waals surface area contributed by atoms with Crippen molar-refractivity contribution in [1.29, 1.82) is 0 Å². The Bertz CT molecular complexity index is 274. The Morgan fingerprint density at radius 3 is 2.62 bits per heavy atom. The van der Waals surface area contributed by atoms with E-state index in [0.29, 0.717) is 12.0 Å². The van der Waals surface area contributed by atoms with Crippen LogP contribution >= 0.6 is 0 Å². The van der Waals surface area contributed by atoms with E-state index in [2.05, 4.69) is 48.1 Å². The van der Waals surface area contributed by atoms with Gasteiger partial charge in [-0.05, 0) is 32.5 Å². The number of likely N-dealkylation sites (N-methyl/N-ethyl adjacent to an activating group) is 1. The molecular formula is C12H22N4. The van der Waals surface area contributed by atoms with E-state index in [1.165, 1.54) is 0 Å². The van der Waals surface area contributed by atoms with Crippen molar-refractivity contribution in [2.75, 3.05) is 26.0 Å². The second-order valence-electron chi connectivity index (χ2n) is 4.83. The minimum absolute atomic E-state index is 0.435. The fourth-order valence-corrected chi connectivity index (χ4v) is 1.77. The zero-order chi connectivity index (χ0) is 12.0. The Labute approximate surface area is 98.1 Å². The maximum atomic E-state index is 4.19. The van der Waals surface area contributed by atoms with Crippen LogP contribution in [0.15, 0.2) is 18.6 Å². The van der Waals surface area contributed by atoms with Gasteiger partial charge in [-0.15, -0.1) is 0 Å². The van der Waals surface area contributed by atoms with Crippen LogP contribution in [-0.2, 0) is 0 Å². The molecule has 1 unspecified atom stereocenters. The van der Waals surface area contributed by atoms with Crippen molar-refractivity contribution in [2.24, 2.45) is 5.92 Å². The normalized spacial score (nSPS) is 13.1. The van der Waals surface area contributed by atoms with Gasteiger partial charge < -0.3 is 10.2 Å². The smallest absolute Gasteiger partial charge is 0.129 e. The first-order chi connectivity index (χ1) is 7.58. The highest BCUT2D eigenvalue weighted by atomic mass is 15.1. The van der Waals surface area contributed by atoms with Crippen molar-refractivity contribution < 1.29 is 0 Å². The Kier molecular flexibility index (Phi) is 5.19. The second-order valence-corrected chi connectivity index (χ2v) is 4.83. The van der Waals surface area contributed by atoms with E-state index in [4.69, 9.17) is 0 Å². The zero-order valence-electron chi connectivity index (χ0n) is 10.6. The first-order valence-corrected chi connectivity index (χ1v) is 5.75. The lowest BCUT2D eigenvalue weighted by atomic mass is 10.0. The Morgan fingerprint density at radius 1 is 1.38 bits per heavy atom. The van der Waals surface area contributed by atoms with Crippen molar-refractivity contribution in [3.8, 4) is 0 Å². The molecule has 1 rings (SSSR count). The average Bonchev–Trinajstić information content (AvgIpc) is 2.16. The Balaban J connectivity index is 2.56. The van der Waals surface area contributed by atoms with Crippen molar-refractivity contribution in [1.82, 2.24) is 14.9 Å². The van der Waals surface area contributed by atoms with Gasteiger partial charge in [0.25, 0.3) is 0 Å². The molecule has 1 atom stereocenters. The summed E-state index contributed by atoms with van der Waals surface area (Å²) in [5.41, 5.74) is 0. The standard InChI is InChI=1S/C12H22N4/c1-10(2)7-11(8-16(3)4)15-12-5-6-13-9-14-12/h5-6,9-11H,7-8H2,1-4H3,(H,13,14,15). The van der Waals surface area contributed by atoms with Crippen LogP contribution in [0.4, 0.5) is 5.82 Å². The minimum atomic E-state index is 0.435. The van der Waals surface area contributed by atoms with Gasteiger partial charge in [-0.3, -0.25) is 0 Å². The van der Waals surface area contributed by atoms with Crippen LogP contribution in [0.3, 0.4) is 0 Å². The molecule has 0 saturated carbocycles. The summed E-state index contributed by atoms with van der Waals surface area (Å²) in [6.07, 6.45) is 4.48. The number of rotatable bonds is 6. The third kappa shape index (κ3) is 5.07. The van der Waals surface area contributed by atoms with Gasteiger partial charge in [0.05, 0.1) is 0 Å². The molecule has 4 heteroatoms. The molecule has 0 aliphatic heterocycles. The lowest BCUT2D eigenvalue weighted by Gasteiger charge is -2.24.